The molecule has 0 aliphatic carbocycles. The number of carbonyl (C=O) groups is 1. The second kappa shape index (κ2) is 4.96. The topological polar surface area (TPSA) is 49.3 Å². The standard InChI is InChI=1S/C10H7F4NO2/c11-8-5-7(10(12,13)14)3-1-6(8)2-4-9(16)15-17/h1-5,17H,(H,15,16)/b4-2+. The summed E-state index contributed by atoms with van der Waals surface area (Å²) in [5.74, 6) is -2.02. The maximum Gasteiger partial charge on any atom is 0.416 e. The fourth-order valence-corrected chi connectivity index (χ4v) is 1.04. The second-order valence-corrected chi connectivity index (χ2v) is 3.04. The van der Waals surface area contributed by atoms with Gasteiger partial charge in [0.25, 0.3) is 5.91 Å². The molecule has 0 fully saturated rings. The van der Waals surface area contributed by atoms with Crippen LogP contribution in [-0.4, -0.2) is 11.1 Å². The van der Waals surface area contributed by atoms with E-state index in [1.807, 2.05) is 0 Å². The van der Waals surface area contributed by atoms with Crippen LogP contribution in [0.2, 0.25) is 0 Å². The molecule has 0 atom stereocenters. The summed E-state index contributed by atoms with van der Waals surface area (Å²) < 4.78 is 49.7. The fraction of sp³-hybridized carbons (Fsp3) is 0.100. The molecule has 0 aliphatic heterocycles. The van der Waals surface area contributed by atoms with Crippen molar-refractivity contribution in [2.75, 3.05) is 0 Å². The van der Waals surface area contributed by atoms with Crippen molar-refractivity contribution < 1.29 is 27.6 Å². The van der Waals surface area contributed by atoms with Gasteiger partial charge in [-0.1, -0.05) is 6.07 Å². The molecular weight excluding hydrogens is 242 g/mol. The number of benzene rings is 1. The maximum absolute atomic E-state index is 13.2. The molecule has 0 spiro atoms. The quantitative estimate of drug-likeness (QED) is 0.366. The molecule has 0 aliphatic rings. The summed E-state index contributed by atoms with van der Waals surface area (Å²) in [4.78, 5) is 10.6. The van der Waals surface area contributed by atoms with E-state index in [1.54, 1.807) is 0 Å². The van der Waals surface area contributed by atoms with Gasteiger partial charge in [-0.3, -0.25) is 10.0 Å². The molecule has 0 heterocycles. The van der Waals surface area contributed by atoms with E-state index in [2.05, 4.69) is 0 Å². The van der Waals surface area contributed by atoms with Gasteiger partial charge in [0, 0.05) is 11.6 Å². The minimum absolute atomic E-state index is 0.193. The summed E-state index contributed by atoms with van der Waals surface area (Å²) in [5, 5.41) is 8.14. The summed E-state index contributed by atoms with van der Waals surface area (Å²) in [5.41, 5.74) is -0.0431. The number of halogens is 4. The zero-order chi connectivity index (χ0) is 13.1. The molecule has 7 heteroatoms. The third-order valence-corrected chi connectivity index (χ3v) is 1.85. The average Bonchev–Trinajstić information content (AvgIpc) is 2.25. The predicted octanol–water partition coefficient (Wildman–Crippen LogP) is 2.36. The van der Waals surface area contributed by atoms with Crippen molar-refractivity contribution in [2.24, 2.45) is 0 Å². The molecular formula is C10H7F4NO2. The van der Waals surface area contributed by atoms with Crippen molar-refractivity contribution in [1.29, 1.82) is 0 Å². The largest absolute Gasteiger partial charge is 0.416 e. The Bertz CT molecular complexity index is 454. The van der Waals surface area contributed by atoms with Gasteiger partial charge in [0.1, 0.15) is 5.82 Å². The molecule has 1 amide bonds. The first-order chi connectivity index (χ1) is 7.84. The third-order valence-electron chi connectivity index (χ3n) is 1.85. The lowest BCUT2D eigenvalue weighted by Crippen LogP contribution is -2.14. The lowest BCUT2D eigenvalue weighted by Gasteiger charge is -2.07. The van der Waals surface area contributed by atoms with Crippen LogP contribution in [0.1, 0.15) is 11.1 Å². The molecule has 0 saturated carbocycles. The highest BCUT2D eigenvalue weighted by Crippen LogP contribution is 2.30. The molecule has 0 saturated heterocycles. The SMILES string of the molecule is O=C(/C=C/c1ccc(C(F)(F)F)cc1F)NO. The highest BCUT2D eigenvalue weighted by atomic mass is 19.4. The predicted molar refractivity (Wildman–Crippen MR) is 50.4 cm³/mol. The van der Waals surface area contributed by atoms with E-state index in [0.717, 1.165) is 18.2 Å². The van der Waals surface area contributed by atoms with Crippen molar-refractivity contribution in [3.63, 3.8) is 0 Å². The number of rotatable bonds is 2. The maximum atomic E-state index is 13.2. The Morgan fingerprint density at radius 2 is 2.00 bits per heavy atom. The number of carbonyl (C=O) groups excluding carboxylic acids is 1. The Labute approximate surface area is 93.3 Å². The van der Waals surface area contributed by atoms with E-state index in [1.165, 1.54) is 5.48 Å². The lowest BCUT2D eigenvalue weighted by molar-refractivity contribution is -0.137. The van der Waals surface area contributed by atoms with Crippen LogP contribution in [0.15, 0.2) is 24.3 Å². The van der Waals surface area contributed by atoms with Gasteiger partial charge in [0.05, 0.1) is 5.56 Å². The number of alkyl halides is 3. The van der Waals surface area contributed by atoms with Crippen molar-refractivity contribution in [1.82, 2.24) is 5.48 Å². The Morgan fingerprint density at radius 3 is 2.47 bits per heavy atom. The Hall–Kier alpha value is -1.89. The molecule has 0 unspecified atom stereocenters. The van der Waals surface area contributed by atoms with E-state index >= 15 is 0 Å². The molecule has 1 aromatic rings. The monoisotopic (exact) mass is 249 g/mol. The summed E-state index contributed by atoms with van der Waals surface area (Å²) in [6, 6.07) is 1.91. The van der Waals surface area contributed by atoms with Gasteiger partial charge < -0.3 is 0 Å². The molecule has 1 aromatic carbocycles. The van der Waals surface area contributed by atoms with E-state index < -0.39 is 23.5 Å². The molecule has 17 heavy (non-hydrogen) atoms. The van der Waals surface area contributed by atoms with Gasteiger partial charge in [-0.05, 0) is 18.2 Å². The minimum atomic E-state index is -4.62. The van der Waals surface area contributed by atoms with Crippen LogP contribution in [0.25, 0.3) is 6.08 Å². The highest BCUT2D eigenvalue weighted by Gasteiger charge is 2.30. The van der Waals surface area contributed by atoms with Gasteiger partial charge in [-0.2, -0.15) is 13.2 Å². The van der Waals surface area contributed by atoms with Crippen molar-refractivity contribution in [3.05, 3.63) is 41.2 Å². The summed E-state index contributed by atoms with van der Waals surface area (Å²) in [6.45, 7) is 0. The zero-order valence-corrected chi connectivity index (χ0v) is 8.25. The molecule has 0 bridgehead atoms. The Balaban J connectivity index is 2.99. The third kappa shape index (κ3) is 3.56. The van der Waals surface area contributed by atoms with E-state index in [-0.39, 0.29) is 5.56 Å². The van der Waals surface area contributed by atoms with Gasteiger partial charge in [0.2, 0.25) is 0 Å². The summed E-state index contributed by atoms with van der Waals surface area (Å²) in [7, 11) is 0. The van der Waals surface area contributed by atoms with Gasteiger partial charge in [-0.25, -0.2) is 9.87 Å². The fourth-order valence-electron chi connectivity index (χ4n) is 1.04. The zero-order valence-electron chi connectivity index (χ0n) is 8.25. The van der Waals surface area contributed by atoms with Crippen LogP contribution in [0.5, 0.6) is 0 Å². The van der Waals surface area contributed by atoms with Crippen LogP contribution in [-0.2, 0) is 11.0 Å². The van der Waals surface area contributed by atoms with Gasteiger partial charge in [0.15, 0.2) is 0 Å². The van der Waals surface area contributed by atoms with E-state index in [0.29, 0.717) is 12.1 Å². The Kier molecular flexibility index (Phi) is 3.84. The van der Waals surface area contributed by atoms with Gasteiger partial charge in [-0.15, -0.1) is 0 Å². The smallest absolute Gasteiger partial charge is 0.288 e. The van der Waals surface area contributed by atoms with Crippen LogP contribution >= 0.6 is 0 Å². The van der Waals surface area contributed by atoms with E-state index in [9.17, 15) is 22.4 Å². The van der Waals surface area contributed by atoms with Crippen LogP contribution in [0, 0.1) is 5.82 Å². The molecule has 2 N–H and O–H groups in total. The first kappa shape index (κ1) is 13.2. The number of nitrogens with one attached hydrogen (secondary N) is 1. The van der Waals surface area contributed by atoms with Crippen LogP contribution in [0.4, 0.5) is 17.6 Å². The first-order valence-electron chi connectivity index (χ1n) is 4.33. The molecule has 1 rings (SSSR count). The number of hydrogen-bond acceptors (Lipinski definition) is 2. The molecule has 92 valence electrons. The Morgan fingerprint density at radius 1 is 1.35 bits per heavy atom. The second-order valence-electron chi connectivity index (χ2n) is 3.04. The number of hydroxylamine groups is 1. The van der Waals surface area contributed by atoms with Gasteiger partial charge >= 0.3 is 6.18 Å². The molecule has 0 aromatic heterocycles. The highest BCUT2D eigenvalue weighted by molar-refractivity contribution is 5.90. The molecule has 3 nitrogen and oxygen atoms in total. The van der Waals surface area contributed by atoms with E-state index in [4.69, 9.17) is 5.21 Å². The number of hydrogen-bond donors (Lipinski definition) is 2. The minimum Gasteiger partial charge on any atom is -0.288 e. The summed E-state index contributed by atoms with van der Waals surface area (Å²) in [6.07, 6.45) is -2.89. The van der Waals surface area contributed by atoms with Crippen LogP contribution < -0.4 is 5.48 Å². The normalized spacial score (nSPS) is 11.8. The number of amides is 1. The van der Waals surface area contributed by atoms with Crippen molar-refractivity contribution in [3.8, 4) is 0 Å². The first-order valence-corrected chi connectivity index (χ1v) is 4.33. The lowest BCUT2D eigenvalue weighted by atomic mass is 10.1. The molecule has 0 radical (unpaired) electrons. The average molecular weight is 249 g/mol. The van der Waals surface area contributed by atoms with Crippen LogP contribution in [0.3, 0.4) is 0 Å². The van der Waals surface area contributed by atoms with Crippen molar-refractivity contribution >= 4 is 12.0 Å². The summed E-state index contributed by atoms with van der Waals surface area (Å²) >= 11 is 0. The van der Waals surface area contributed by atoms with Crippen molar-refractivity contribution in [2.45, 2.75) is 6.18 Å².